The number of rotatable bonds is 4. The number of aryl methyl sites for hydroxylation is 1. The number of carbonyl (C=O) groups is 1. The molecule has 0 amide bonds. The van der Waals surface area contributed by atoms with Crippen LogP contribution in [0.3, 0.4) is 0 Å². The Balaban J connectivity index is 2.37. The second kappa shape index (κ2) is 7.05. The van der Waals surface area contributed by atoms with Crippen LogP contribution in [0.4, 0.5) is 0 Å². The molecule has 0 radical (unpaired) electrons. The molecule has 0 spiro atoms. The molecule has 1 fully saturated rings. The molecule has 1 aliphatic heterocycles. The molecule has 4 heteroatoms. The molecule has 21 heavy (non-hydrogen) atoms. The van der Waals surface area contributed by atoms with Gasteiger partial charge in [0.1, 0.15) is 5.54 Å². The molecule has 0 bridgehead atoms. The van der Waals surface area contributed by atoms with Crippen LogP contribution in [0.15, 0.2) is 24.3 Å². The highest BCUT2D eigenvalue weighted by Gasteiger charge is 2.42. The number of benzene rings is 1. The Hall–Kier alpha value is -1.39. The SMILES string of the molecule is CCOC(=O)C(C)(c1ccc(C)cc1)N1CCCNCC1. The summed E-state index contributed by atoms with van der Waals surface area (Å²) >= 11 is 0. The zero-order valence-corrected chi connectivity index (χ0v) is 13.3. The van der Waals surface area contributed by atoms with E-state index in [1.54, 1.807) is 0 Å². The summed E-state index contributed by atoms with van der Waals surface area (Å²) in [6.07, 6.45) is 1.04. The number of nitrogens with one attached hydrogen (secondary N) is 1. The summed E-state index contributed by atoms with van der Waals surface area (Å²) in [5.74, 6) is -0.157. The predicted molar refractivity (Wildman–Crippen MR) is 84.2 cm³/mol. The van der Waals surface area contributed by atoms with Gasteiger partial charge in [-0.2, -0.15) is 0 Å². The molecule has 1 N–H and O–H groups in total. The summed E-state index contributed by atoms with van der Waals surface area (Å²) < 4.78 is 5.38. The van der Waals surface area contributed by atoms with Gasteiger partial charge >= 0.3 is 5.97 Å². The Kier molecular flexibility index (Phi) is 5.37. The first kappa shape index (κ1) is 16.0. The van der Waals surface area contributed by atoms with Crippen LogP contribution < -0.4 is 5.32 Å². The second-order valence-corrected chi connectivity index (χ2v) is 5.75. The largest absolute Gasteiger partial charge is 0.464 e. The highest BCUT2D eigenvalue weighted by Crippen LogP contribution is 2.30. The number of carbonyl (C=O) groups excluding carboxylic acids is 1. The maximum Gasteiger partial charge on any atom is 0.330 e. The third-order valence-electron chi connectivity index (χ3n) is 4.26. The van der Waals surface area contributed by atoms with E-state index < -0.39 is 5.54 Å². The van der Waals surface area contributed by atoms with Crippen molar-refractivity contribution in [3.8, 4) is 0 Å². The molecule has 4 nitrogen and oxygen atoms in total. The quantitative estimate of drug-likeness (QED) is 0.862. The van der Waals surface area contributed by atoms with Crippen molar-refractivity contribution in [1.82, 2.24) is 10.2 Å². The molecule has 1 atom stereocenters. The van der Waals surface area contributed by atoms with Crippen molar-refractivity contribution in [2.75, 3.05) is 32.8 Å². The van der Waals surface area contributed by atoms with Crippen molar-refractivity contribution in [3.05, 3.63) is 35.4 Å². The molecule has 1 unspecified atom stereocenters. The van der Waals surface area contributed by atoms with Gasteiger partial charge in [0.2, 0.25) is 0 Å². The fraction of sp³-hybridized carbons (Fsp3) is 0.588. The third-order valence-corrected chi connectivity index (χ3v) is 4.26. The molecule has 0 aliphatic carbocycles. The van der Waals surface area contributed by atoms with E-state index >= 15 is 0 Å². The van der Waals surface area contributed by atoms with Crippen LogP contribution in [-0.2, 0) is 15.1 Å². The van der Waals surface area contributed by atoms with Gasteiger partial charge < -0.3 is 10.1 Å². The lowest BCUT2D eigenvalue weighted by Gasteiger charge is -2.39. The lowest BCUT2D eigenvalue weighted by Crippen LogP contribution is -2.52. The molecule has 1 aromatic rings. The van der Waals surface area contributed by atoms with Crippen LogP contribution in [0.2, 0.25) is 0 Å². The van der Waals surface area contributed by atoms with E-state index in [9.17, 15) is 4.79 Å². The molecule has 0 aromatic heterocycles. The number of esters is 1. The maximum absolute atomic E-state index is 12.7. The van der Waals surface area contributed by atoms with E-state index in [4.69, 9.17) is 4.74 Å². The van der Waals surface area contributed by atoms with E-state index in [2.05, 4.69) is 29.3 Å². The molecule has 0 saturated carbocycles. The van der Waals surface area contributed by atoms with Crippen LogP contribution in [0.5, 0.6) is 0 Å². The summed E-state index contributed by atoms with van der Waals surface area (Å²) in [5, 5.41) is 3.39. The van der Waals surface area contributed by atoms with E-state index in [-0.39, 0.29) is 5.97 Å². The van der Waals surface area contributed by atoms with Gasteiger partial charge in [0, 0.05) is 19.6 Å². The highest BCUT2D eigenvalue weighted by molar-refractivity contribution is 5.82. The smallest absolute Gasteiger partial charge is 0.330 e. The normalized spacial score (nSPS) is 19.6. The first-order chi connectivity index (χ1) is 10.1. The van der Waals surface area contributed by atoms with Crippen LogP contribution in [-0.4, -0.2) is 43.7 Å². The van der Waals surface area contributed by atoms with Gasteiger partial charge in [0.15, 0.2) is 0 Å². The zero-order chi connectivity index (χ0) is 15.3. The zero-order valence-electron chi connectivity index (χ0n) is 13.3. The minimum atomic E-state index is -0.713. The van der Waals surface area contributed by atoms with Gasteiger partial charge in [-0.15, -0.1) is 0 Å². The predicted octanol–water partition coefficient (Wildman–Crippen LogP) is 2.07. The van der Waals surface area contributed by atoms with Crippen LogP contribution in [0.1, 0.15) is 31.4 Å². The van der Waals surface area contributed by atoms with Gasteiger partial charge in [-0.05, 0) is 39.3 Å². The molecule has 116 valence electrons. The van der Waals surface area contributed by atoms with Crippen molar-refractivity contribution in [2.24, 2.45) is 0 Å². The standard InChI is InChI=1S/C17H26N2O2/c1-4-21-16(20)17(3,15-8-6-14(2)7-9-15)19-12-5-10-18-11-13-19/h6-9,18H,4-5,10-13H2,1-3H3. The highest BCUT2D eigenvalue weighted by atomic mass is 16.5. The minimum Gasteiger partial charge on any atom is -0.464 e. The van der Waals surface area contributed by atoms with Crippen molar-refractivity contribution >= 4 is 5.97 Å². The van der Waals surface area contributed by atoms with E-state index in [0.29, 0.717) is 6.61 Å². The fourth-order valence-corrected chi connectivity index (χ4v) is 2.87. The summed E-state index contributed by atoms with van der Waals surface area (Å²) in [5.41, 5.74) is 1.49. The van der Waals surface area contributed by atoms with E-state index in [1.807, 2.05) is 26.0 Å². The Bertz CT molecular complexity index is 464. The lowest BCUT2D eigenvalue weighted by molar-refractivity contribution is -0.157. The lowest BCUT2D eigenvalue weighted by atomic mass is 9.89. The van der Waals surface area contributed by atoms with Gasteiger partial charge in [-0.3, -0.25) is 4.90 Å². The number of hydrogen-bond donors (Lipinski definition) is 1. The average molecular weight is 290 g/mol. The van der Waals surface area contributed by atoms with Crippen LogP contribution in [0, 0.1) is 6.92 Å². The second-order valence-electron chi connectivity index (χ2n) is 5.75. The molecular weight excluding hydrogens is 264 g/mol. The van der Waals surface area contributed by atoms with Gasteiger partial charge in [0.05, 0.1) is 6.61 Å². The molecule has 1 aromatic carbocycles. The Morgan fingerprint density at radius 3 is 2.67 bits per heavy atom. The molecule has 2 rings (SSSR count). The third kappa shape index (κ3) is 3.44. The Morgan fingerprint density at radius 1 is 1.29 bits per heavy atom. The average Bonchev–Trinajstić information content (AvgIpc) is 2.77. The first-order valence-electron chi connectivity index (χ1n) is 7.79. The summed E-state index contributed by atoms with van der Waals surface area (Å²) in [6.45, 7) is 9.97. The molecule has 1 heterocycles. The van der Waals surface area contributed by atoms with Crippen molar-refractivity contribution in [1.29, 1.82) is 0 Å². The number of hydrogen-bond acceptors (Lipinski definition) is 4. The maximum atomic E-state index is 12.7. The Morgan fingerprint density at radius 2 is 2.00 bits per heavy atom. The van der Waals surface area contributed by atoms with Crippen molar-refractivity contribution in [2.45, 2.75) is 32.7 Å². The summed E-state index contributed by atoms with van der Waals surface area (Å²) in [4.78, 5) is 14.9. The first-order valence-corrected chi connectivity index (χ1v) is 7.79. The van der Waals surface area contributed by atoms with Crippen molar-refractivity contribution < 1.29 is 9.53 Å². The topological polar surface area (TPSA) is 41.6 Å². The van der Waals surface area contributed by atoms with E-state index in [1.165, 1.54) is 5.56 Å². The summed E-state index contributed by atoms with van der Waals surface area (Å²) in [7, 11) is 0. The van der Waals surface area contributed by atoms with Gasteiger partial charge in [0.25, 0.3) is 0 Å². The number of nitrogens with zero attached hydrogens (tertiary/aromatic N) is 1. The van der Waals surface area contributed by atoms with E-state index in [0.717, 1.165) is 38.2 Å². The molecular formula is C17H26N2O2. The fourth-order valence-electron chi connectivity index (χ4n) is 2.87. The Labute approximate surface area is 127 Å². The number of ether oxygens (including phenoxy) is 1. The van der Waals surface area contributed by atoms with Crippen molar-refractivity contribution in [3.63, 3.8) is 0 Å². The summed E-state index contributed by atoms with van der Waals surface area (Å²) in [6, 6.07) is 8.21. The van der Waals surface area contributed by atoms with Gasteiger partial charge in [-0.25, -0.2) is 4.79 Å². The molecule has 1 aliphatic rings. The van der Waals surface area contributed by atoms with Crippen LogP contribution >= 0.6 is 0 Å². The monoisotopic (exact) mass is 290 g/mol. The molecule has 1 saturated heterocycles. The minimum absolute atomic E-state index is 0.157. The van der Waals surface area contributed by atoms with Gasteiger partial charge in [-0.1, -0.05) is 29.8 Å². The van der Waals surface area contributed by atoms with Crippen LogP contribution in [0.25, 0.3) is 0 Å².